The molecule has 1 saturated heterocycles. The van der Waals surface area contributed by atoms with Gasteiger partial charge >= 0.3 is 0 Å². The van der Waals surface area contributed by atoms with E-state index >= 15 is 0 Å². The van der Waals surface area contributed by atoms with E-state index in [0.29, 0.717) is 6.04 Å². The SMILES string of the molecule is CC(C)C1CCCN(C(C)CCN)CC1. The summed E-state index contributed by atoms with van der Waals surface area (Å²) in [4.78, 5) is 2.63. The van der Waals surface area contributed by atoms with Gasteiger partial charge in [-0.3, -0.25) is 0 Å². The Morgan fingerprint density at radius 2 is 1.93 bits per heavy atom. The van der Waals surface area contributed by atoms with Crippen LogP contribution in [0.25, 0.3) is 0 Å². The lowest BCUT2D eigenvalue weighted by atomic mass is 9.89. The number of rotatable bonds is 4. The van der Waals surface area contributed by atoms with Crippen molar-refractivity contribution in [2.24, 2.45) is 17.6 Å². The summed E-state index contributed by atoms with van der Waals surface area (Å²) in [5.74, 6) is 1.80. The lowest BCUT2D eigenvalue weighted by Crippen LogP contribution is -2.35. The van der Waals surface area contributed by atoms with Crippen molar-refractivity contribution >= 4 is 0 Å². The van der Waals surface area contributed by atoms with Gasteiger partial charge in [-0.05, 0) is 64.1 Å². The van der Waals surface area contributed by atoms with Crippen LogP contribution in [0.15, 0.2) is 0 Å². The molecular weight excluding hydrogens is 184 g/mol. The first-order chi connectivity index (χ1) is 7.15. The largest absolute Gasteiger partial charge is 0.330 e. The quantitative estimate of drug-likeness (QED) is 0.776. The molecule has 0 bridgehead atoms. The van der Waals surface area contributed by atoms with Crippen LogP contribution < -0.4 is 5.73 Å². The second kappa shape index (κ2) is 6.49. The molecule has 0 aromatic rings. The maximum absolute atomic E-state index is 5.62. The van der Waals surface area contributed by atoms with Gasteiger partial charge in [0.1, 0.15) is 0 Å². The second-order valence-electron chi connectivity index (χ2n) is 5.40. The normalized spacial score (nSPS) is 26.6. The molecule has 0 saturated carbocycles. The Kier molecular flexibility index (Phi) is 5.62. The molecular formula is C13H28N2. The molecule has 0 aromatic carbocycles. The summed E-state index contributed by atoms with van der Waals surface area (Å²) in [5.41, 5.74) is 5.62. The molecule has 1 fully saturated rings. The number of nitrogens with two attached hydrogens (primary N) is 1. The number of hydrogen-bond acceptors (Lipinski definition) is 2. The molecule has 1 aliphatic heterocycles. The Bertz CT molecular complexity index is 168. The van der Waals surface area contributed by atoms with Crippen molar-refractivity contribution in [2.45, 2.75) is 52.5 Å². The number of likely N-dealkylation sites (tertiary alicyclic amines) is 1. The Balaban J connectivity index is 2.38. The predicted molar refractivity (Wildman–Crippen MR) is 66.9 cm³/mol. The Hall–Kier alpha value is -0.0800. The van der Waals surface area contributed by atoms with Gasteiger partial charge in [0.2, 0.25) is 0 Å². The van der Waals surface area contributed by atoms with Gasteiger partial charge < -0.3 is 10.6 Å². The highest BCUT2D eigenvalue weighted by atomic mass is 15.1. The molecule has 2 atom stereocenters. The fourth-order valence-electron chi connectivity index (χ4n) is 2.68. The van der Waals surface area contributed by atoms with Crippen LogP contribution in [0, 0.1) is 11.8 Å². The third-order valence-electron chi connectivity index (χ3n) is 3.96. The minimum absolute atomic E-state index is 0.681. The highest BCUT2D eigenvalue weighted by Crippen LogP contribution is 2.25. The third-order valence-corrected chi connectivity index (χ3v) is 3.96. The van der Waals surface area contributed by atoms with E-state index in [-0.39, 0.29) is 0 Å². The van der Waals surface area contributed by atoms with E-state index in [1.807, 2.05) is 0 Å². The molecule has 2 unspecified atom stereocenters. The average Bonchev–Trinajstić information content (AvgIpc) is 2.43. The molecule has 1 aliphatic rings. The fourth-order valence-corrected chi connectivity index (χ4v) is 2.68. The molecule has 15 heavy (non-hydrogen) atoms. The van der Waals surface area contributed by atoms with Crippen molar-refractivity contribution in [3.63, 3.8) is 0 Å². The molecule has 0 spiro atoms. The summed E-state index contributed by atoms with van der Waals surface area (Å²) in [6.07, 6.45) is 5.32. The highest BCUT2D eigenvalue weighted by molar-refractivity contribution is 4.75. The van der Waals surface area contributed by atoms with Crippen LogP contribution in [0.3, 0.4) is 0 Å². The van der Waals surface area contributed by atoms with E-state index in [1.54, 1.807) is 0 Å². The molecule has 0 aliphatic carbocycles. The summed E-state index contributed by atoms with van der Waals surface area (Å²) in [5, 5.41) is 0. The zero-order chi connectivity index (χ0) is 11.3. The summed E-state index contributed by atoms with van der Waals surface area (Å²) < 4.78 is 0. The van der Waals surface area contributed by atoms with Gasteiger partial charge in [-0.25, -0.2) is 0 Å². The van der Waals surface area contributed by atoms with Gasteiger partial charge in [-0.1, -0.05) is 13.8 Å². The number of nitrogens with zero attached hydrogens (tertiary/aromatic N) is 1. The molecule has 2 nitrogen and oxygen atoms in total. The fraction of sp³-hybridized carbons (Fsp3) is 1.00. The summed E-state index contributed by atoms with van der Waals surface area (Å²) >= 11 is 0. The maximum atomic E-state index is 5.62. The van der Waals surface area contributed by atoms with E-state index in [0.717, 1.165) is 24.8 Å². The first kappa shape index (κ1) is 13.0. The standard InChI is InChI=1S/C13H28N2/c1-11(2)13-5-4-9-15(10-7-13)12(3)6-8-14/h11-13H,4-10,14H2,1-3H3. The van der Waals surface area contributed by atoms with Gasteiger partial charge in [0.15, 0.2) is 0 Å². The molecule has 1 heterocycles. The minimum Gasteiger partial charge on any atom is -0.330 e. The van der Waals surface area contributed by atoms with Crippen LogP contribution in [0.2, 0.25) is 0 Å². The van der Waals surface area contributed by atoms with Crippen LogP contribution in [0.5, 0.6) is 0 Å². The van der Waals surface area contributed by atoms with Crippen molar-refractivity contribution in [3.05, 3.63) is 0 Å². The topological polar surface area (TPSA) is 29.3 Å². The minimum atomic E-state index is 0.681. The van der Waals surface area contributed by atoms with Crippen molar-refractivity contribution in [1.29, 1.82) is 0 Å². The third kappa shape index (κ3) is 4.12. The van der Waals surface area contributed by atoms with E-state index in [4.69, 9.17) is 5.73 Å². The van der Waals surface area contributed by atoms with Gasteiger partial charge in [0, 0.05) is 6.04 Å². The van der Waals surface area contributed by atoms with E-state index in [1.165, 1.54) is 32.4 Å². The number of hydrogen-bond donors (Lipinski definition) is 1. The van der Waals surface area contributed by atoms with Gasteiger partial charge in [-0.2, -0.15) is 0 Å². The monoisotopic (exact) mass is 212 g/mol. The molecule has 2 N–H and O–H groups in total. The van der Waals surface area contributed by atoms with Gasteiger partial charge in [-0.15, -0.1) is 0 Å². The first-order valence-corrected chi connectivity index (χ1v) is 6.59. The first-order valence-electron chi connectivity index (χ1n) is 6.59. The van der Waals surface area contributed by atoms with Gasteiger partial charge in [0.05, 0.1) is 0 Å². The maximum Gasteiger partial charge on any atom is 0.00789 e. The van der Waals surface area contributed by atoms with Crippen molar-refractivity contribution in [3.8, 4) is 0 Å². The zero-order valence-electron chi connectivity index (χ0n) is 10.7. The van der Waals surface area contributed by atoms with Crippen LogP contribution in [-0.2, 0) is 0 Å². The van der Waals surface area contributed by atoms with Crippen LogP contribution >= 0.6 is 0 Å². The van der Waals surface area contributed by atoms with Crippen LogP contribution in [0.1, 0.15) is 46.5 Å². The van der Waals surface area contributed by atoms with Crippen LogP contribution in [0.4, 0.5) is 0 Å². The van der Waals surface area contributed by atoms with E-state index in [2.05, 4.69) is 25.7 Å². The lowest BCUT2D eigenvalue weighted by Gasteiger charge is -2.27. The molecule has 0 amide bonds. The molecule has 1 rings (SSSR count). The summed E-state index contributed by atoms with van der Waals surface area (Å²) in [6.45, 7) is 10.4. The second-order valence-corrected chi connectivity index (χ2v) is 5.40. The van der Waals surface area contributed by atoms with Crippen molar-refractivity contribution < 1.29 is 0 Å². The zero-order valence-corrected chi connectivity index (χ0v) is 10.7. The summed E-state index contributed by atoms with van der Waals surface area (Å²) in [6, 6.07) is 0.681. The Morgan fingerprint density at radius 3 is 2.53 bits per heavy atom. The van der Waals surface area contributed by atoms with Crippen LogP contribution in [-0.4, -0.2) is 30.6 Å². The Morgan fingerprint density at radius 1 is 1.20 bits per heavy atom. The van der Waals surface area contributed by atoms with Gasteiger partial charge in [0.25, 0.3) is 0 Å². The van der Waals surface area contributed by atoms with Crippen molar-refractivity contribution in [2.75, 3.05) is 19.6 Å². The van der Waals surface area contributed by atoms with E-state index in [9.17, 15) is 0 Å². The molecule has 2 heteroatoms. The lowest BCUT2D eigenvalue weighted by molar-refractivity contribution is 0.204. The average molecular weight is 212 g/mol. The molecule has 0 radical (unpaired) electrons. The molecule has 0 aromatic heterocycles. The smallest absolute Gasteiger partial charge is 0.00789 e. The van der Waals surface area contributed by atoms with E-state index < -0.39 is 0 Å². The summed E-state index contributed by atoms with van der Waals surface area (Å²) in [7, 11) is 0. The Labute approximate surface area is 95.2 Å². The predicted octanol–water partition coefficient (Wildman–Crippen LogP) is 2.48. The van der Waals surface area contributed by atoms with Crippen molar-refractivity contribution in [1.82, 2.24) is 4.90 Å². The molecule has 90 valence electrons. The highest BCUT2D eigenvalue weighted by Gasteiger charge is 2.21.